The van der Waals surface area contributed by atoms with Gasteiger partial charge in [0.1, 0.15) is 0 Å². The van der Waals surface area contributed by atoms with E-state index in [1.165, 1.54) is 4.90 Å². The molecule has 3 aliphatic heterocycles. The molecule has 4 rings (SSSR count). The molecule has 7 nitrogen and oxygen atoms in total. The maximum atomic E-state index is 13.4. The van der Waals surface area contributed by atoms with E-state index in [1.54, 1.807) is 13.8 Å². The molecule has 1 N–H and O–H groups in total. The number of hydrogen-bond donors (Lipinski definition) is 1. The van der Waals surface area contributed by atoms with Crippen molar-refractivity contribution in [1.82, 2.24) is 10.2 Å². The minimum Gasteiger partial charge on any atom is -0.377 e. The van der Waals surface area contributed by atoms with Crippen LogP contribution in [0.5, 0.6) is 0 Å². The van der Waals surface area contributed by atoms with Crippen LogP contribution < -0.4 is 10.2 Å². The number of nitrogens with one attached hydrogen (secondary N) is 1. The van der Waals surface area contributed by atoms with Crippen LogP contribution in [-0.2, 0) is 20.7 Å². The van der Waals surface area contributed by atoms with E-state index in [0.29, 0.717) is 13.2 Å². The number of urea groups is 1. The molecule has 0 bridgehead atoms. The maximum absolute atomic E-state index is 13.4. The summed E-state index contributed by atoms with van der Waals surface area (Å²) in [7, 11) is 0. The van der Waals surface area contributed by atoms with Gasteiger partial charge in [-0.15, -0.1) is 0 Å². The van der Waals surface area contributed by atoms with Gasteiger partial charge in [0.05, 0.1) is 19.3 Å². The van der Waals surface area contributed by atoms with Crippen LogP contribution in [0.15, 0.2) is 24.3 Å². The van der Waals surface area contributed by atoms with Gasteiger partial charge >= 0.3 is 6.03 Å². The van der Waals surface area contributed by atoms with Crippen LogP contribution in [0.25, 0.3) is 0 Å². The lowest BCUT2D eigenvalue weighted by atomic mass is 9.68. The summed E-state index contributed by atoms with van der Waals surface area (Å²) >= 11 is 0. The third-order valence-corrected chi connectivity index (χ3v) is 5.43. The molecule has 2 atom stereocenters. The molecular weight excluding hydrogens is 322 g/mol. The Morgan fingerprint density at radius 1 is 1.24 bits per heavy atom. The first-order chi connectivity index (χ1) is 12.0. The second-order valence-electron chi connectivity index (χ2n) is 7.09. The first-order valence-electron chi connectivity index (χ1n) is 8.58. The number of imide groups is 2. The van der Waals surface area contributed by atoms with Gasteiger partial charge in [-0.05, 0) is 31.9 Å². The molecule has 2 fully saturated rings. The fraction of sp³-hybridized carbons (Fsp3) is 0.500. The van der Waals surface area contributed by atoms with E-state index in [0.717, 1.165) is 11.3 Å². The molecular formula is C18H21N3O4. The largest absolute Gasteiger partial charge is 0.377 e. The first-order valence-corrected chi connectivity index (χ1v) is 8.58. The zero-order valence-corrected chi connectivity index (χ0v) is 14.3. The number of fused-ring (bicyclic) bond motifs is 4. The number of rotatable bonds is 1. The molecule has 3 aliphatic rings. The highest BCUT2D eigenvalue weighted by atomic mass is 16.5. The Bertz CT molecular complexity index is 762. The number of carbonyl (C=O) groups excluding carboxylic acids is 3. The summed E-state index contributed by atoms with van der Waals surface area (Å²) in [5.41, 5.74) is 0.643. The third-order valence-electron chi connectivity index (χ3n) is 5.43. The second-order valence-corrected chi connectivity index (χ2v) is 7.09. The van der Waals surface area contributed by atoms with E-state index in [4.69, 9.17) is 4.74 Å². The molecule has 0 aliphatic carbocycles. The van der Waals surface area contributed by atoms with Crippen LogP contribution >= 0.6 is 0 Å². The van der Waals surface area contributed by atoms with E-state index < -0.39 is 29.3 Å². The average molecular weight is 343 g/mol. The van der Waals surface area contributed by atoms with E-state index in [9.17, 15) is 14.4 Å². The molecule has 0 aromatic heterocycles. The lowest BCUT2D eigenvalue weighted by Crippen LogP contribution is -2.74. The fourth-order valence-electron chi connectivity index (χ4n) is 4.25. The van der Waals surface area contributed by atoms with Gasteiger partial charge in [0.2, 0.25) is 11.8 Å². The van der Waals surface area contributed by atoms with Crippen molar-refractivity contribution in [1.29, 1.82) is 0 Å². The summed E-state index contributed by atoms with van der Waals surface area (Å²) in [6, 6.07) is 6.43. The lowest BCUT2D eigenvalue weighted by Gasteiger charge is -2.53. The van der Waals surface area contributed by atoms with Crippen LogP contribution in [0, 0.1) is 5.41 Å². The minimum atomic E-state index is -1.34. The van der Waals surface area contributed by atoms with Crippen molar-refractivity contribution in [2.24, 2.45) is 5.41 Å². The molecule has 7 heteroatoms. The van der Waals surface area contributed by atoms with Crippen LogP contribution in [0.3, 0.4) is 0 Å². The van der Waals surface area contributed by atoms with Crippen molar-refractivity contribution in [2.45, 2.75) is 32.4 Å². The molecule has 0 unspecified atom stereocenters. The molecule has 3 heterocycles. The number of nitrogens with zero attached hydrogens (tertiary/aromatic N) is 2. The number of hydrogen-bond acceptors (Lipinski definition) is 5. The number of para-hydroxylation sites is 1. The Hall–Kier alpha value is -2.41. The van der Waals surface area contributed by atoms with Gasteiger partial charge in [-0.3, -0.25) is 19.8 Å². The Balaban J connectivity index is 1.88. The summed E-state index contributed by atoms with van der Waals surface area (Å²) in [5, 5.41) is 2.41. The van der Waals surface area contributed by atoms with Crippen molar-refractivity contribution in [3.05, 3.63) is 29.8 Å². The van der Waals surface area contributed by atoms with Gasteiger partial charge in [-0.2, -0.15) is 0 Å². The van der Waals surface area contributed by atoms with Crippen LogP contribution in [0.1, 0.15) is 19.4 Å². The summed E-state index contributed by atoms with van der Waals surface area (Å²) in [6.07, 6.45) is 0.273. The van der Waals surface area contributed by atoms with Gasteiger partial charge in [-0.25, -0.2) is 4.79 Å². The van der Waals surface area contributed by atoms with E-state index in [1.807, 2.05) is 24.3 Å². The van der Waals surface area contributed by atoms with Crippen LogP contribution in [0.4, 0.5) is 10.5 Å². The predicted octanol–water partition coefficient (Wildman–Crippen LogP) is 0.921. The molecule has 4 amide bonds. The standard InChI is InChI=1S/C18H21N3O4/c1-11(2)21-16(23)18(15(22)19-17(21)24)9-12-5-3-4-6-13(12)20-7-8-25-10-14(18)20/h3-6,11,14H,7-10H2,1-2H3,(H,19,22,24)/t14-,18-/m0/s1. The van der Waals surface area contributed by atoms with E-state index in [2.05, 4.69) is 10.2 Å². The summed E-state index contributed by atoms with van der Waals surface area (Å²) in [4.78, 5) is 41.8. The summed E-state index contributed by atoms with van der Waals surface area (Å²) in [6.45, 7) is 4.98. The van der Waals surface area contributed by atoms with Gasteiger partial charge in [0.15, 0.2) is 5.41 Å². The van der Waals surface area contributed by atoms with Gasteiger partial charge < -0.3 is 9.64 Å². The van der Waals surface area contributed by atoms with Gasteiger partial charge in [-0.1, -0.05) is 18.2 Å². The monoisotopic (exact) mass is 343 g/mol. The smallest absolute Gasteiger partial charge is 0.331 e. The maximum Gasteiger partial charge on any atom is 0.331 e. The van der Waals surface area contributed by atoms with Crippen molar-refractivity contribution in [3.8, 4) is 0 Å². The molecule has 0 radical (unpaired) electrons. The molecule has 2 saturated heterocycles. The molecule has 1 aromatic carbocycles. The molecule has 132 valence electrons. The Kier molecular flexibility index (Phi) is 3.57. The number of barbiturate groups is 1. The normalized spacial score (nSPS) is 28.9. The van der Waals surface area contributed by atoms with Crippen molar-refractivity contribution < 1.29 is 19.1 Å². The SMILES string of the molecule is CC(C)N1C(=O)NC(=O)[C@@]2(Cc3ccccc3N3CCOC[C@H]32)C1=O. The van der Waals surface area contributed by atoms with Crippen LogP contribution in [-0.4, -0.2) is 54.6 Å². The Morgan fingerprint density at radius 3 is 2.76 bits per heavy atom. The lowest BCUT2D eigenvalue weighted by molar-refractivity contribution is -0.157. The molecule has 1 aromatic rings. The highest BCUT2D eigenvalue weighted by molar-refractivity contribution is 6.20. The minimum absolute atomic E-state index is 0.273. The number of ether oxygens (including phenoxy) is 1. The van der Waals surface area contributed by atoms with Gasteiger partial charge in [0.25, 0.3) is 0 Å². The Morgan fingerprint density at radius 2 is 2.00 bits per heavy atom. The topological polar surface area (TPSA) is 79.0 Å². The summed E-state index contributed by atoms with van der Waals surface area (Å²) < 4.78 is 5.62. The van der Waals surface area contributed by atoms with Crippen molar-refractivity contribution in [3.63, 3.8) is 0 Å². The molecule has 1 spiro atoms. The van der Waals surface area contributed by atoms with E-state index >= 15 is 0 Å². The van der Waals surface area contributed by atoms with Crippen molar-refractivity contribution >= 4 is 23.5 Å². The highest BCUT2D eigenvalue weighted by Gasteiger charge is 2.62. The predicted molar refractivity (Wildman–Crippen MR) is 90.1 cm³/mol. The molecule has 0 saturated carbocycles. The number of amides is 4. The zero-order valence-electron chi connectivity index (χ0n) is 14.3. The second kappa shape index (κ2) is 5.56. The number of benzene rings is 1. The third kappa shape index (κ3) is 2.12. The summed E-state index contributed by atoms with van der Waals surface area (Å²) in [5.74, 6) is -0.944. The Labute approximate surface area is 145 Å². The molecule has 25 heavy (non-hydrogen) atoms. The van der Waals surface area contributed by atoms with Crippen LogP contribution in [0.2, 0.25) is 0 Å². The number of carbonyl (C=O) groups is 3. The average Bonchev–Trinajstić information content (AvgIpc) is 2.59. The highest BCUT2D eigenvalue weighted by Crippen LogP contribution is 2.45. The van der Waals surface area contributed by atoms with Crippen molar-refractivity contribution in [2.75, 3.05) is 24.7 Å². The number of anilines is 1. The quantitative estimate of drug-likeness (QED) is 0.767. The fourth-order valence-corrected chi connectivity index (χ4v) is 4.25. The van der Waals surface area contributed by atoms with Gasteiger partial charge in [0, 0.05) is 18.3 Å². The first kappa shape index (κ1) is 16.1. The van der Waals surface area contributed by atoms with E-state index in [-0.39, 0.29) is 19.1 Å². The number of morpholine rings is 1. The zero-order chi connectivity index (χ0) is 17.8.